The van der Waals surface area contributed by atoms with Gasteiger partial charge < -0.3 is 19.3 Å². The number of pyridine rings is 1. The molecule has 1 aromatic heterocycles. The van der Waals surface area contributed by atoms with E-state index in [1.165, 1.54) is 12.1 Å². The summed E-state index contributed by atoms with van der Waals surface area (Å²) in [5, 5.41) is 0. The molecule has 31 heavy (non-hydrogen) atoms. The van der Waals surface area contributed by atoms with Gasteiger partial charge in [0.2, 0.25) is 15.9 Å². The molecule has 0 radical (unpaired) electrons. The van der Waals surface area contributed by atoms with Crippen molar-refractivity contribution >= 4 is 21.7 Å². The number of sulfonamides is 1. The average Bonchev–Trinajstić information content (AvgIpc) is 3.04. The summed E-state index contributed by atoms with van der Waals surface area (Å²) in [6.07, 6.45) is 2.47. The molecule has 2 aliphatic heterocycles. The van der Waals surface area contributed by atoms with E-state index >= 15 is 0 Å². The number of carbonyl (C=O) groups is 1. The normalized spacial score (nSPS) is 17.7. The molecule has 1 aromatic carbocycles. The summed E-state index contributed by atoms with van der Waals surface area (Å²) < 4.78 is 39.3. The summed E-state index contributed by atoms with van der Waals surface area (Å²) in [4.78, 5) is 21.0. The number of hydrogen-bond acceptors (Lipinski definition) is 7. The maximum absolute atomic E-state index is 12.8. The van der Waals surface area contributed by atoms with E-state index in [1.807, 2.05) is 18.2 Å². The molecule has 1 atom stereocenters. The Labute approximate surface area is 182 Å². The first-order valence-electron chi connectivity index (χ1n) is 10.3. The third kappa shape index (κ3) is 4.91. The van der Waals surface area contributed by atoms with Crippen LogP contribution in [0.4, 0.5) is 5.82 Å². The van der Waals surface area contributed by atoms with Crippen LogP contribution in [-0.4, -0.2) is 69.6 Å². The molecule has 2 aliphatic rings. The van der Waals surface area contributed by atoms with Crippen molar-refractivity contribution < 1.29 is 22.7 Å². The van der Waals surface area contributed by atoms with Crippen molar-refractivity contribution in [2.75, 3.05) is 44.3 Å². The van der Waals surface area contributed by atoms with E-state index in [4.69, 9.17) is 9.47 Å². The van der Waals surface area contributed by atoms with Crippen LogP contribution in [-0.2, 0) is 14.8 Å². The minimum atomic E-state index is -3.90. The Hall–Kier alpha value is -2.85. The van der Waals surface area contributed by atoms with Crippen LogP contribution >= 0.6 is 0 Å². The molecular weight excluding hydrogens is 420 g/mol. The van der Waals surface area contributed by atoms with Gasteiger partial charge in [0.05, 0.1) is 24.2 Å². The molecule has 0 saturated carbocycles. The van der Waals surface area contributed by atoms with Gasteiger partial charge in [-0.25, -0.2) is 13.4 Å². The molecule has 1 N–H and O–H groups in total. The van der Waals surface area contributed by atoms with Crippen molar-refractivity contribution in [3.05, 3.63) is 42.6 Å². The highest BCUT2D eigenvalue weighted by molar-refractivity contribution is 7.89. The van der Waals surface area contributed by atoms with Crippen molar-refractivity contribution in [2.24, 2.45) is 0 Å². The third-order valence-corrected chi connectivity index (χ3v) is 6.83. The molecule has 4 rings (SSSR count). The fourth-order valence-corrected chi connectivity index (χ4v) is 4.84. The summed E-state index contributed by atoms with van der Waals surface area (Å²) in [5.41, 5.74) is 0. The van der Waals surface area contributed by atoms with Crippen LogP contribution in [0.5, 0.6) is 11.5 Å². The molecule has 1 amide bonds. The fourth-order valence-electron chi connectivity index (χ4n) is 3.63. The minimum absolute atomic E-state index is 0.0383. The first kappa shape index (κ1) is 21.4. The molecule has 166 valence electrons. The molecule has 0 unspecified atom stereocenters. The SMILES string of the molecule is C[C@@H](NS(=O)(=O)c1ccc2c(c1)OCCCO2)C(=O)N1CCN(c2ccccn2)CC1. The van der Waals surface area contributed by atoms with Crippen molar-refractivity contribution in [1.29, 1.82) is 0 Å². The smallest absolute Gasteiger partial charge is 0.241 e. The average molecular weight is 447 g/mol. The van der Waals surface area contributed by atoms with Gasteiger partial charge in [-0.1, -0.05) is 6.07 Å². The molecule has 0 spiro atoms. The number of benzene rings is 1. The summed E-state index contributed by atoms with van der Waals surface area (Å²) in [5.74, 6) is 1.53. The zero-order valence-corrected chi connectivity index (χ0v) is 18.2. The Morgan fingerprint density at radius 1 is 1.06 bits per heavy atom. The summed E-state index contributed by atoms with van der Waals surface area (Å²) in [6.45, 7) is 4.85. The van der Waals surface area contributed by atoms with Crippen molar-refractivity contribution in [3.63, 3.8) is 0 Å². The summed E-state index contributed by atoms with van der Waals surface area (Å²) >= 11 is 0. The Kier molecular flexibility index (Phi) is 6.28. The van der Waals surface area contributed by atoms with Crippen LogP contribution < -0.4 is 19.1 Å². The number of amides is 1. The highest BCUT2D eigenvalue weighted by Gasteiger charge is 2.29. The highest BCUT2D eigenvalue weighted by atomic mass is 32.2. The number of anilines is 1. The first-order valence-corrected chi connectivity index (χ1v) is 11.8. The van der Waals surface area contributed by atoms with E-state index < -0.39 is 16.1 Å². The van der Waals surface area contributed by atoms with E-state index in [-0.39, 0.29) is 10.8 Å². The standard InChI is InChI=1S/C21H26N4O5S/c1-16(21(26)25-11-9-24(10-12-25)20-5-2-3-8-22-20)23-31(27,28)17-6-7-18-19(15-17)30-14-4-13-29-18/h2-3,5-8,15-16,23H,4,9-14H2,1H3/t16-/m1/s1. The number of ether oxygens (including phenoxy) is 2. The van der Waals surface area contributed by atoms with Crippen LogP contribution in [0.15, 0.2) is 47.5 Å². The van der Waals surface area contributed by atoms with Gasteiger partial charge in [-0.2, -0.15) is 4.72 Å². The third-order valence-electron chi connectivity index (χ3n) is 5.30. The maximum atomic E-state index is 12.8. The predicted molar refractivity (Wildman–Crippen MR) is 115 cm³/mol. The second kappa shape index (κ2) is 9.11. The van der Waals surface area contributed by atoms with Gasteiger partial charge in [0.1, 0.15) is 5.82 Å². The second-order valence-corrected chi connectivity index (χ2v) is 9.22. The second-order valence-electron chi connectivity index (χ2n) is 7.50. The van der Waals surface area contributed by atoms with Gasteiger partial charge in [-0.05, 0) is 31.2 Å². The lowest BCUT2D eigenvalue weighted by molar-refractivity contribution is -0.132. The van der Waals surface area contributed by atoms with Crippen LogP contribution in [0.1, 0.15) is 13.3 Å². The van der Waals surface area contributed by atoms with Gasteiger partial charge in [0.25, 0.3) is 0 Å². The maximum Gasteiger partial charge on any atom is 0.241 e. The Morgan fingerprint density at radius 2 is 1.81 bits per heavy atom. The lowest BCUT2D eigenvalue weighted by atomic mass is 10.2. The monoisotopic (exact) mass is 446 g/mol. The van der Waals surface area contributed by atoms with Crippen LogP contribution in [0.25, 0.3) is 0 Å². The molecule has 0 aliphatic carbocycles. The van der Waals surface area contributed by atoms with Crippen molar-refractivity contribution in [1.82, 2.24) is 14.6 Å². The number of rotatable bonds is 5. The topological polar surface area (TPSA) is 101 Å². The van der Waals surface area contributed by atoms with Crippen molar-refractivity contribution in [2.45, 2.75) is 24.3 Å². The van der Waals surface area contributed by atoms with Gasteiger partial charge in [-0.15, -0.1) is 0 Å². The number of carbonyl (C=O) groups excluding carboxylic acids is 1. The largest absolute Gasteiger partial charge is 0.490 e. The number of nitrogens with one attached hydrogen (secondary N) is 1. The van der Waals surface area contributed by atoms with Crippen LogP contribution in [0.2, 0.25) is 0 Å². The molecule has 9 nitrogen and oxygen atoms in total. The molecule has 1 fully saturated rings. The molecule has 1 saturated heterocycles. The molecule has 3 heterocycles. The van der Waals surface area contributed by atoms with Crippen molar-refractivity contribution in [3.8, 4) is 11.5 Å². The van der Waals surface area contributed by atoms with Gasteiger partial charge in [0.15, 0.2) is 11.5 Å². The lowest BCUT2D eigenvalue weighted by Crippen LogP contribution is -2.54. The minimum Gasteiger partial charge on any atom is -0.490 e. The van der Waals surface area contributed by atoms with E-state index in [2.05, 4.69) is 14.6 Å². The summed E-state index contributed by atoms with van der Waals surface area (Å²) in [6, 6.07) is 9.31. The van der Waals surface area contributed by atoms with E-state index in [1.54, 1.807) is 24.1 Å². The van der Waals surface area contributed by atoms with Gasteiger partial charge in [-0.3, -0.25) is 4.79 Å². The van der Waals surface area contributed by atoms with E-state index in [0.29, 0.717) is 50.9 Å². The fraction of sp³-hybridized carbons (Fsp3) is 0.429. The van der Waals surface area contributed by atoms with Crippen LogP contribution in [0.3, 0.4) is 0 Å². The number of nitrogens with zero attached hydrogens (tertiary/aromatic N) is 3. The molecule has 10 heteroatoms. The number of fused-ring (bicyclic) bond motifs is 1. The highest BCUT2D eigenvalue weighted by Crippen LogP contribution is 2.32. The van der Waals surface area contributed by atoms with Gasteiger partial charge >= 0.3 is 0 Å². The number of hydrogen-bond donors (Lipinski definition) is 1. The Bertz CT molecular complexity index is 1020. The quantitative estimate of drug-likeness (QED) is 0.738. The number of aromatic nitrogens is 1. The zero-order chi connectivity index (χ0) is 21.8. The van der Waals surface area contributed by atoms with Gasteiger partial charge in [0, 0.05) is 44.9 Å². The molecule has 2 aromatic rings. The summed E-state index contributed by atoms with van der Waals surface area (Å²) in [7, 11) is -3.90. The van der Waals surface area contributed by atoms with E-state index in [9.17, 15) is 13.2 Å². The number of piperazine rings is 1. The van der Waals surface area contributed by atoms with Crippen LogP contribution in [0, 0.1) is 0 Å². The zero-order valence-electron chi connectivity index (χ0n) is 17.4. The predicted octanol–water partition coefficient (Wildman–Crippen LogP) is 1.26. The first-order chi connectivity index (χ1) is 14.9. The Balaban J connectivity index is 1.38. The molecular formula is C21H26N4O5S. The Morgan fingerprint density at radius 3 is 2.52 bits per heavy atom. The lowest BCUT2D eigenvalue weighted by Gasteiger charge is -2.36. The van der Waals surface area contributed by atoms with E-state index in [0.717, 1.165) is 12.2 Å². The molecule has 0 bridgehead atoms.